The molecule has 2 aromatic rings. The molecule has 0 saturated heterocycles. The lowest BCUT2D eigenvalue weighted by Gasteiger charge is -2.26. The second kappa shape index (κ2) is 9.20. The summed E-state index contributed by atoms with van der Waals surface area (Å²) < 4.78 is 11.6. The predicted molar refractivity (Wildman–Crippen MR) is 110 cm³/mol. The molecular weight excluding hydrogens is 406 g/mol. The van der Waals surface area contributed by atoms with Gasteiger partial charge in [0.2, 0.25) is 0 Å². The van der Waals surface area contributed by atoms with Gasteiger partial charge in [-0.2, -0.15) is 0 Å². The van der Waals surface area contributed by atoms with E-state index in [0.717, 1.165) is 41.8 Å². The Morgan fingerprint density at radius 2 is 2.00 bits per heavy atom. The molecule has 0 N–H and O–H groups in total. The number of ether oxygens (including phenoxy) is 2. The molecule has 3 rings (SSSR count). The highest BCUT2D eigenvalue weighted by Gasteiger charge is 2.15. The minimum absolute atomic E-state index is 0.340. The largest absolute Gasteiger partial charge is 0.488 e. The number of hydrogen-bond donors (Lipinski definition) is 0. The summed E-state index contributed by atoms with van der Waals surface area (Å²) in [6.07, 6.45) is 3.26. The molecule has 27 heavy (non-hydrogen) atoms. The van der Waals surface area contributed by atoms with Gasteiger partial charge < -0.3 is 9.47 Å². The van der Waals surface area contributed by atoms with Gasteiger partial charge in [-0.3, -0.25) is 4.90 Å². The maximum absolute atomic E-state index is 11.8. The summed E-state index contributed by atoms with van der Waals surface area (Å²) in [5, 5.41) is 0. The van der Waals surface area contributed by atoms with Gasteiger partial charge in [-0.15, -0.1) is 0 Å². The number of carbonyl (C=O) groups excluding carboxylic acids is 1. The van der Waals surface area contributed by atoms with Crippen molar-refractivity contribution in [3.05, 3.63) is 75.3 Å². The van der Waals surface area contributed by atoms with Crippen LogP contribution in [-0.4, -0.2) is 37.7 Å². The second-order valence-electron chi connectivity index (χ2n) is 6.71. The predicted octanol–water partition coefficient (Wildman–Crippen LogP) is 4.76. The van der Waals surface area contributed by atoms with E-state index >= 15 is 0 Å². The van der Waals surface area contributed by atoms with Crippen LogP contribution >= 0.6 is 15.9 Å². The molecule has 0 amide bonds. The summed E-state index contributed by atoms with van der Waals surface area (Å²) in [7, 11) is 1.39. The van der Waals surface area contributed by atoms with Crippen LogP contribution in [0.5, 0.6) is 5.75 Å². The molecule has 1 aliphatic heterocycles. The fourth-order valence-corrected chi connectivity index (χ4v) is 3.59. The van der Waals surface area contributed by atoms with E-state index in [-0.39, 0.29) is 5.97 Å². The number of hydrogen-bond acceptors (Lipinski definition) is 4. The number of carbonyl (C=O) groups is 1. The fraction of sp³-hybridized carbons (Fsp3) is 0.318. The van der Waals surface area contributed by atoms with Gasteiger partial charge >= 0.3 is 5.97 Å². The highest BCUT2D eigenvalue weighted by atomic mass is 79.9. The van der Waals surface area contributed by atoms with E-state index in [0.29, 0.717) is 12.2 Å². The quantitative estimate of drug-likeness (QED) is 0.490. The molecule has 0 spiro atoms. The van der Waals surface area contributed by atoms with Gasteiger partial charge in [0.1, 0.15) is 12.4 Å². The van der Waals surface area contributed by atoms with E-state index in [1.165, 1.54) is 18.2 Å². The van der Waals surface area contributed by atoms with Gasteiger partial charge in [-0.25, -0.2) is 4.79 Å². The lowest BCUT2D eigenvalue weighted by Crippen LogP contribution is -2.29. The number of rotatable bonds is 6. The Kier molecular flexibility index (Phi) is 6.69. The molecule has 0 fully saturated rings. The second-order valence-corrected chi connectivity index (χ2v) is 7.57. The SMILES string of the molecule is COC(=O)c1cc(Br)c(OCC2=CCN(Cc3ccccc3)CC2)cc1C. The van der Waals surface area contributed by atoms with Crippen molar-refractivity contribution in [2.24, 2.45) is 0 Å². The third-order valence-corrected chi connectivity index (χ3v) is 5.35. The first-order chi connectivity index (χ1) is 13.1. The van der Waals surface area contributed by atoms with Gasteiger partial charge in [0.05, 0.1) is 17.1 Å². The molecule has 1 aliphatic rings. The Labute approximate surface area is 168 Å². The smallest absolute Gasteiger partial charge is 0.338 e. The zero-order valence-corrected chi connectivity index (χ0v) is 17.3. The number of nitrogens with zero attached hydrogens (tertiary/aromatic N) is 1. The molecule has 142 valence electrons. The van der Waals surface area contributed by atoms with Crippen LogP contribution in [0.3, 0.4) is 0 Å². The van der Waals surface area contributed by atoms with Crippen molar-refractivity contribution in [3.63, 3.8) is 0 Å². The van der Waals surface area contributed by atoms with Crippen LogP contribution in [0.25, 0.3) is 0 Å². The Balaban J connectivity index is 1.56. The van der Waals surface area contributed by atoms with Crippen molar-refractivity contribution in [1.29, 1.82) is 0 Å². The third-order valence-electron chi connectivity index (χ3n) is 4.73. The van der Waals surface area contributed by atoms with Crippen LogP contribution in [0.15, 0.2) is 58.6 Å². The summed E-state index contributed by atoms with van der Waals surface area (Å²) in [4.78, 5) is 14.2. The van der Waals surface area contributed by atoms with E-state index in [4.69, 9.17) is 9.47 Å². The number of aryl methyl sites for hydroxylation is 1. The topological polar surface area (TPSA) is 38.8 Å². The van der Waals surface area contributed by atoms with Gasteiger partial charge in [0.15, 0.2) is 0 Å². The number of esters is 1. The molecule has 0 aliphatic carbocycles. The van der Waals surface area contributed by atoms with Crippen molar-refractivity contribution >= 4 is 21.9 Å². The molecule has 5 heteroatoms. The minimum Gasteiger partial charge on any atom is -0.488 e. The Morgan fingerprint density at radius 3 is 2.67 bits per heavy atom. The van der Waals surface area contributed by atoms with E-state index in [9.17, 15) is 4.79 Å². The van der Waals surface area contributed by atoms with Crippen molar-refractivity contribution in [3.8, 4) is 5.75 Å². The molecule has 0 radical (unpaired) electrons. The number of benzene rings is 2. The zero-order valence-electron chi connectivity index (χ0n) is 15.7. The molecule has 1 heterocycles. The van der Waals surface area contributed by atoms with Gasteiger partial charge in [-0.1, -0.05) is 36.4 Å². The van der Waals surface area contributed by atoms with Crippen LogP contribution in [0.1, 0.15) is 27.9 Å². The third kappa shape index (κ3) is 5.21. The van der Waals surface area contributed by atoms with Gasteiger partial charge in [0, 0.05) is 19.6 Å². The van der Waals surface area contributed by atoms with Crippen molar-refractivity contribution in [2.75, 3.05) is 26.8 Å². The summed E-state index contributed by atoms with van der Waals surface area (Å²) in [6, 6.07) is 14.2. The summed E-state index contributed by atoms with van der Waals surface area (Å²) in [5.41, 5.74) is 4.04. The lowest BCUT2D eigenvalue weighted by molar-refractivity contribution is 0.0600. The van der Waals surface area contributed by atoms with E-state index in [1.807, 2.05) is 19.1 Å². The summed E-state index contributed by atoms with van der Waals surface area (Å²) in [5.74, 6) is 0.404. The van der Waals surface area contributed by atoms with Crippen LogP contribution < -0.4 is 4.74 Å². The number of methoxy groups -OCH3 is 1. The molecule has 4 nitrogen and oxygen atoms in total. The molecule has 0 aromatic heterocycles. The summed E-state index contributed by atoms with van der Waals surface area (Å²) >= 11 is 3.49. The first-order valence-electron chi connectivity index (χ1n) is 9.02. The fourth-order valence-electron chi connectivity index (χ4n) is 3.14. The lowest BCUT2D eigenvalue weighted by atomic mass is 10.1. The van der Waals surface area contributed by atoms with Crippen molar-refractivity contribution < 1.29 is 14.3 Å². The van der Waals surface area contributed by atoms with E-state index in [2.05, 4.69) is 51.2 Å². The first kappa shape index (κ1) is 19.6. The standard InChI is InChI=1S/C22H24BrNO3/c1-16-12-21(20(23)13-19(16)22(25)26-2)27-15-18-8-10-24(11-9-18)14-17-6-4-3-5-7-17/h3-8,12-13H,9-11,14-15H2,1-2H3. The first-order valence-corrected chi connectivity index (χ1v) is 9.81. The minimum atomic E-state index is -0.340. The van der Waals surface area contributed by atoms with Crippen molar-refractivity contribution in [1.82, 2.24) is 4.90 Å². The zero-order chi connectivity index (χ0) is 19.2. The normalized spacial score (nSPS) is 14.6. The molecule has 0 unspecified atom stereocenters. The molecule has 0 atom stereocenters. The van der Waals surface area contributed by atoms with E-state index in [1.54, 1.807) is 6.07 Å². The Bertz CT molecular complexity index is 833. The summed E-state index contributed by atoms with van der Waals surface area (Å²) in [6.45, 7) is 5.40. The van der Waals surface area contributed by atoms with Gasteiger partial charge in [0.25, 0.3) is 0 Å². The maximum atomic E-state index is 11.8. The highest BCUT2D eigenvalue weighted by molar-refractivity contribution is 9.10. The van der Waals surface area contributed by atoms with Crippen molar-refractivity contribution in [2.45, 2.75) is 19.9 Å². The average Bonchev–Trinajstić information content (AvgIpc) is 2.69. The monoisotopic (exact) mass is 429 g/mol. The average molecular weight is 430 g/mol. The van der Waals surface area contributed by atoms with Gasteiger partial charge in [-0.05, 0) is 58.1 Å². The molecular formula is C22H24BrNO3. The Morgan fingerprint density at radius 1 is 1.22 bits per heavy atom. The Hall–Kier alpha value is -2.11. The highest BCUT2D eigenvalue weighted by Crippen LogP contribution is 2.29. The molecule has 0 bridgehead atoms. The van der Waals surface area contributed by atoms with Crippen LogP contribution in [0.4, 0.5) is 0 Å². The van der Waals surface area contributed by atoms with Crippen LogP contribution in [0, 0.1) is 6.92 Å². The molecule has 0 saturated carbocycles. The molecule has 2 aromatic carbocycles. The van der Waals surface area contributed by atoms with Crippen LogP contribution in [0.2, 0.25) is 0 Å². The maximum Gasteiger partial charge on any atom is 0.338 e. The van der Waals surface area contributed by atoms with Crippen LogP contribution in [-0.2, 0) is 11.3 Å². The number of halogens is 1. The van der Waals surface area contributed by atoms with E-state index < -0.39 is 0 Å².